The summed E-state index contributed by atoms with van der Waals surface area (Å²) in [6.45, 7) is 1.34. The zero-order chi connectivity index (χ0) is 17.9. The Kier molecular flexibility index (Phi) is 4.53. The summed E-state index contributed by atoms with van der Waals surface area (Å²) >= 11 is 0. The number of amides is 1. The highest BCUT2D eigenvalue weighted by Crippen LogP contribution is 2.30. The molecule has 26 heavy (non-hydrogen) atoms. The minimum Gasteiger partial charge on any atom is -0.484 e. The maximum Gasteiger partial charge on any atom is 0.257 e. The molecule has 7 heteroatoms. The van der Waals surface area contributed by atoms with E-state index in [0.29, 0.717) is 37.4 Å². The molecule has 6 nitrogen and oxygen atoms in total. The van der Waals surface area contributed by atoms with Crippen LogP contribution in [0.2, 0.25) is 0 Å². The summed E-state index contributed by atoms with van der Waals surface area (Å²) in [5.41, 5.74) is 3.07. The number of carbonyl (C=O) groups is 1. The number of aromatic amines is 1. The van der Waals surface area contributed by atoms with Gasteiger partial charge >= 0.3 is 0 Å². The lowest BCUT2D eigenvalue weighted by Crippen LogP contribution is -2.30. The number of benzene rings is 2. The van der Waals surface area contributed by atoms with Crippen LogP contribution in [0.15, 0.2) is 36.4 Å². The number of nitrogens with one attached hydrogen (secondary N) is 2. The average Bonchev–Trinajstić information content (AvgIpc) is 3.05. The Labute approximate surface area is 149 Å². The monoisotopic (exact) mass is 355 g/mol. The van der Waals surface area contributed by atoms with E-state index in [9.17, 15) is 9.18 Å². The number of nitrogens with zero attached hydrogens (tertiary/aromatic N) is 1. The van der Waals surface area contributed by atoms with Crippen LogP contribution in [0.5, 0.6) is 5.75 Å². The molecule has 1 aliphatic rings. The van der Waals surface area contributed by atoms with Crippen molar-refractivity contribution < 1.29 is 18.7 Å². The van der Waals surface area contributed by atoms with Gasteiger partial charge in [0.25, 0.3) is 5.91 Å². The smallest absolute Gasteiger partial charge is 0.257 e. The molecule has 0 saturated carbocycles. The van der Waals surface area contributed by atoms with Gasteiger partial charge in [0.1, 0.15) is 17.3 Å². The third-order valence-electron chi connectivity index (χ3n) is 4.20. The number of hydrogen-bond donors (Lipinski definition) is 2. The molecule has 1 amide bonds. The maximum absolute atomic E-state index is 14.1. The number of carbonyl (C=O) groups excluding carboxylic acids is 1. The van der Waals surface area contributed by atoms with Gasteiger partial charge in [0.2, 0.25) is 0 Å². The molecule has 2 N–H and O–H groups in total. The first-order valence-corrected chi connectivity index (χ1v) is 8.44. The van der Waals surface area contributed by atoms with Gasteiger partial charge in [-0.15, -0.1) is 0 Å². The van der Waals surface area contributed by atoms with Crippen molar-refractivity contribution in [1.82, 2.24) is 15.5 Å². The Morgan fingerprint density at radius 2 is 2.04 bits per heavy atom. The van der Waals surface area contributed by atoms with Crippen LogP contribution in [-0.4, -0.2) is 35.9 Å². The normalized spacial score (nSPS) is 15.7. The Hall–Kier alpha value is -2.93. The minimum absolute atomic E-state index is 0.171. The summed E-state index contributed by atoms with van der Waals surface area (Å²) in [6.07, 6.45) is 0.703. The van der Waals surface area contributed by atoms with Crippen LogP contribution in [0, 0.1) is 5.82 Å². The molecule has 2 aromatic carbocycles. The predicted octanol–water partition coefficient (Wildman–Crippen LogP) is 2.78. The van der Waals surface area contributed by atoms with Crippen LogP contribution < -0.4 is 10.1 Å². The molecular formula is C19H18FN3O3. The van der Waals surface area contributed by atoms with Gasteiger partial charge in [0.15, 0.2) is 6.61 Å². The van der Waals surface area contributed by atoms with E-state index in [1.54, 1.807) is 6.07 Å². The van der Waals surface area contributed by atoms with E-state index in [1.807, 2.05) is 18.2 Å². The van der Waals surface area contributed by atoms with Crippen LogP contribution in [0.3, 0.4) is 0 Å². The summed E-state index contributed by atoms with van der Waals surface area (Å²) in [6, 6.07) is 10.2. The van der Waals surface area contributed by atoms with Gasteiger partial charge in [-0.05, 0) is 36.2 Å². The third-order valence-corrected chi connectivity index (χ3v) is 4.20. The Balaban J connectivity index is 1.77. The van der Waals surface area contributed by atoms with Crippen molar-refractivity contribution in [1.29, 1.82) is 0 Å². The molecule has 0 atom stereocenters. The van der Waals surface area contributed by atoms with Gasteiger partial charge in [0, 0.05) is 30.2 Å². The fourth-order valence-electron chi connectivity index (χ4n) is 2.95. The summed E-state index contributed by atoms with van der Waals surface area (Å²) in [4.78, 5) is 11.8. The zero-order valence-corrected chi connectivity index (χ0v) is 14.0. The average molecular weight is 355 g/mol. The Morgan fingerprint density at radius 3 is 2.96 bits per heavy atom. The van der Waals surface area contributed by atoms with Crippen LogP contribution in [0.1, 0.15) is 12.0 Å². The summed E-state index contributed by atoms with van der Waals surface area (Å²) in [5.74, 6) is -0.414. The topological polar surface area (TPSA) is 76.2 Å². The second-order valence-corrected chi connectivity index (χ2v) is 6.17. The first kappa shape index (κ1) is 16.5. The second-order valence-electron chi connectivity index (χ2n) is 6.17. The van der Waals surface area contributed by atoms with Gasteiger partial charge < -0.3 is 14.8 Å². The molecule has 0 radical (unpaired) electrons. The number of hydrogen-bond acceptors (Lipinski definition) is 4. The highest BCUT2D eigenvalue weighted by atomic mass is 19.1. The van der Waals surface area contributed by atoms with E-state index in [2.05, 4.69) is 15.5 Å². The molecule has 134 valence electrons. The molecule has 2 heterocycles. The van der Waals surface area contributed by atoms with Crippen molar-refractivity contribution >= 4 is 16.8 Å². The highest BCUT2D eigenvalue weighted by Gasteiger charge is 2.13. The third kappa shape index (κ3) is 3.52. The molecule has 0 saturated heterocycles. The number of ether oxygens (including phenoxy) is 2. The van der Waals surface area contributed by atoms with Crippen LogP contribution in [-0.2, 0) is 16.1 Å². The first-order chi connectivity index (χ1) is 12.7. The first-order valence-electron chi connectivity index (χ1n) is 8.44. The van der Waals surface area contributed by atoms with Gasteiger partial charge in [-0.2, -0.15) is 5.10 Å². The lowest BCUT2D eigenvalue weighted by molar-refractivity contribution is -0.123. The number of rotatable bonds is 0. The van der Waals surface area contributed by atoms with Gasteiger partial charge in [-0.1, -0.05) is 6.07 Å². The van der Waals surface area contributed by atoms with Gasteiger partial charge in [0.05, 0.1) is 12.1 Å². The van der Waals surface area contributed by atoms with Gasteiger partial charge in [-0.25, -0.2) is 4.39 Å². The maximum atomic E-state index is 14.1. The van der Waals surface area contributed by atoms with Crippen molar-refractivity contribution in [2.24, 2.45) is 0 Å². The SMILES string of the molecule is O=C1COc2cc(F)cc(c2)-c2n[nH]c3ccc(cc23)COCCCN1. The van der Waals surface area contributed by atoms with Crippen molar-refractivity contribution in [2.75, 3.05) is 19.8 Å². The quantitative estimate of drug-likeness (QED) is 0.650. The fourth-order valence-corrected chi connectivity index (χ4v) is 2.95. The van der Waals surface area contributed by atoms with Crippen LogP contribution >= 0.6 is 0 Å². The van der Waals surface area contributed by atoms with Crippen molar-refractivity contribution in [3.63, 3.8) is 0 Å². The van der Waals surface area contributed by atoms with Crippen LogP contribution in [0.4, 0.5) is 4.39 Å². The summed E-state index contributed by atoms with van der Waals surface area (Å²) in [5, 5.41) is 10.9. The molecule has 0 spiro atoms. The number of aromatic nitrogens is 2. The molecular weight excluding hydrogens is 337 g/mol. The molecule has 0 unspecified atom stereocenters. The van der Waals surface area contributed by atoms with E-state index in [0.717, 1.165) is 16.5 Å². The Bertz CT molecular complexity index is 954. The largest absolute Gasteiger partial charge is 0.484 e. The van der Waals surface area contributed by atoms with Crippen molar-refractivity contribution in [3.05, 3.63) is 47.8 Å². The van der Waals surface area contributed by atoms with Gasteiger partial charge in [-0.3, -0.25) is 9.89 Å². The summed E-state index contributed by atoms with van der Waals surface area (Å²) < 4.78 is 25.2. The van der Waals surface area contributed by atoms with E-state index in [4.69, 9.17) is 9.47 Å². The zero-order valence-electron chi connectivity index (χ0n) is 14.0. The van der Waals surface area contributed by atoms with E-state index in [1.165, 1.54) is 12.1 Å². The predicted molar refractivity (Wildman–Crippen MR) is 94.3 cm³/mol. The molecule has 1 aromatic heterocycles. The molecule has 1 aliphatic heterocycles. The lowest BCUT2D eigenvalue weighted by Gasteiger charge is -2.10. The molecule has 0 aliphatic carbocycles. The Morgan fingerprint density at radius 1 is 1.12 bits per heavy atom. The molecule has 3 aromatic rings. The second kappa shape index (κ2) is 7.13. The standard InChI is InChI=1S/C19H18FN3O3/c20-14-7-13-8-15(9-14)26-11-18(24)21-4-1-5-25-10-12-2-3-17-16(6-12)19(13)23-22-17/h2-3,6-9H,1,4-5,10-11H2,(H,21,24)(H,22,23). The molecule has 0 fully saturated rings. The number of fused-ring (bicyclic) bond motifs is 4. The van der Waals surface area contributed by atoms with E-state index < -0.39 is 5.82 Å². The van der Waals surface area contributed by atoms with Crippen molar-refractivity contribution in [3.8, 4) is 17.0 Å². The molecule has 4 bridgehead atoms. The highest BCUT2D eigenvalue weighted by molar-refractivity contribution is 5.93. The number of halogens is 1. The summed E-state index contributed by atoms with van der Waals surface area (Å²) in [7, 11) is 0. The fraction of sp³-hybridized carbons (Fsp3) is 0.263. The van der Waals surface area contributed by atoms with Crippen LogP contribution in [0.25, 0.3) is 22.2 Å². The minimum atomic E-state index is -0.449. The lowest BCUT2D eigenvalue weighted by atomic mass is 10.1. The van der Waals surface area contributed by atoms with E-state index in [-0.39, 0.29) is 18.3 Å². The van der Waals surface area contributed by atoms with Crippen molar-refractivity contribution in [2.45, 2.75) is 13.0 Å². The number of H-pyrrole nitrogens is 1. The molecule has 4 rings (SSSR count). The van der Waals surface area contributed by atoms with E-state index >= 15 is 0 Å².